The Balaban J connectivity index is 1.50. The molecule has 5 nitrogen and oxygen atoms in total. The van der Waals surface area contributed by atoms with E-state index in [2.05, 4.69) is 17.2 Å². The van der Waals surface area contributed by atoms with Gasteiger partial charge in [-0.3, -0.25) is 9.59 Å². The number of thiophene rings is 1. The van der Waals surface area contributed by atoms with Crippen molar-refractivity contribution >= 4 is 40.2 Å². The van der Waals surface area contributed by atoms with E-state index in [1.54, 1.807) is 11.3 Å². The van der Waals surface area contributed by atoms with Crippen molar-refractivity contribution in [1.82, 2.24) is 9.88 Å². The molecule has 1 aromatic carbocycles. The first-order chi connectivity index (χ1) is 14.4. The number of anilines is 1. The van der Waals surface area contributed by atoms with Gasteiger partial charge in [0.05, 0.1) is 10.6 Å². The van der Waals surface area contributed by atoms with E-state index < -0.39 is 0 Å². The molecule has 2 amide bonds. The van der Waals surface area contributed by atoms with Gasteiger partial charge in [0.2, 0.25) is 0 Å². The summed E-state index contributed by atoms with van der Waals surface area (Å²) in [7, 11) is 0. The molecule has 7 heteroatoms. The molecule has 2 aromatic heterocycles. The van der Waals surface area contributed by atoms with E-state index in [1.807, 2.05) is 54.5 Å². The van der Waals surface area contributed by atoms with Gasteiger partial charge >= 0.3 is 0 Å². The predicted octanol–water partition coefficient (Wildman–Crippen LogP) is 5.76. The topological polar surface area (TPSA) is 62.3 Å². The molecule has 1 N–H and O–H groups in total. The standard InChI is InChI=1S/C23H25N3O2S2/c1-14-13-17(23(28)26-11-5-4-7-15(26)2)9-10-18(14)25-21(27)20-16(3)24-22(30-20)19-8-6-12-29-19/h6,8-10,12-13,15H,4-5,7,11H2,1-3H3,(H,25,27). The zero-order chi connectivity index (χ0) is 21.3. The molecule has 1 aliphatic heterocycles. The minimum absolute atomic E-state index is 0.0714. The molecule has 1 aliphatic rings. The van der Waals surface area contributed by atoms with Crippen molar-refractivity contribution < 1.29 is 9.59 Å². The summed E-state index contributed by atoms with van der Waals surface area (Å²) in [5.41, 5.74) is 2.99. The van der Waals surface area contributed by atoms with Gasteiger partial charge < -0.3 is 10.2 Å². The molecule has 4 rings (SSSR count). The van der Waals surface area contributed by atoms with Crippen molar-refractivity contribution in [2.24, 2.45) is 0 Å². The largest absolute Gasteiger partial charge is 0.336 e. The Morgan fingerprint density at radius 2 is 2.03 bits per heavy atom. The molecule has 0 aliphatic carbocycles. The number of rotatable bonds is 4. The van der Waals surface area contributed by atoms with Crippen LogP contribution in [-0.2, 0) is 0 Å². The first-order valence-corrected chi connectivity index (χ1v) is 11.9. The van der Waals surface area contributed by atoms with Crippen LogP contribution in [0.3, 0.4) is 0 Å². The second-order valence-corrected chi connectivity index (χ2v) is 9.68. The lowest BCUT2D eigenvalue weighted by molar-refractivity contribution is 0.0635. The fourth-order valence-corrected chi connectivity index (χ4v) is 5.55. The molecule has 1 atom stereocenters. The molecule has 0 bridgehead atoms. The first kappa shape index (κ1) is 20.8. The highest BCUT2D eigenvalue weighted by atomic mass is 32.1. The molecule has 30 heavy (non-hydrogen) atoms. The van der Waals surface area contributed by atoms with Gasteiger partial charge in [0.1, 0.15) is 9.88 Å². The Kier molecular flexibility index (Phi) is 6.01. The third-order valence-electron chi connectivity index (χ3n) is 5.52. The number of hydrogen-bond donors (Lipinski definition) is 1. The second kappa shape index (κ2) is 8.70. The van der Waals surface area contributed by atoms with E-state index in [-0.39, 0.29) is 17.9 Å². The molecule has 1 unspecified atom stereocenters. The number of piperidine rings is 1. The van der Waals surface area contributed by atoms with Gasteiger partial charge in [-0.05, 0) is 75.2 Å². The summed E-state index contributed by atoms with van der Waals surface area (Å²) in [4.78, 5) is 34.0. The Morgan fingerprint density at radius 1 is 1.20 bits per heavy atom. The van der Waals surface area contributed by atoms with Gasteiger partial charge in [0.15, 0.2) is 0 Å². The average molecular weight is 440 g/mol. The van der Waals surface area contributed by atoms with Crippen LogP contribution < -0.4 is 5.32 Å². The van der Waals surface area contributed by atoms with Crippen molar-refractivity contribution in [3.05, 3.63) is 57.4 Å². The van der Waals surface area contributed by atoms with Crippen LogP contribution in [0, 0.1) is 13.8 Å². The van der Waals surface area contributed by atoms with Gasteiger partial charge in [-0.25, -0.2) is 4.98 Å². The summed E-state index contributed by atoms with van der Waals surface area (Å²) >= 11 is 3.02. The van der Waals surface area contributed by atoms with Gasteiger partial charge in [-0.2, -0.15) is 0 Å². The summed E-state index contributed by atoms with van der Waals surface area (Å²) in [6.07, 6.45) is 3.30. The molecular formula is C23H25N3O2S2. The molecule has 3 heterocycles. The molecule has 1 fully saturated rings. The molecule has 156 valence electrons. The lowest BCUT2D eigenvalue weighted by Gasteiger charge is -2.33. The van der Waals surface area contributed by atoms with E-state index in [9.17, 15) is 9.59 Å². The lowest BCUT2D eigenvalue weighted by Crippen LogP contribution is -2.42. The molecule has 0 saturated carbocycles. The molecule has 1 saturated heterocycles. The summed E-state index contributed by atoms with van der Waals surface area (Å²) in [5.74, 6) is -0.0956. The number of amides is 2. The number of likely N-dealkylation sites (tertiary alicyclic amines) is 1. The van der Waals surface area contributed by atoms with Gasteiger partial charge in [-0.1, -0.05) is 6.07 Å². The summed E-state index contributed by atoms with van der Waals surface area (Å²) in [5, 5.41) is 5.86. The number of carbonyl (C=O) groups excluding carboxylic acids is 2. The Morgan fingerprint density at radius 3 is 2.73 bits per heavy atom. The summed E-state index contributed by atoms with van der Waals surface area (Å²) in [6.45, 7) is 6.70. The quantitative estimate of drug-likeness (QED) is 0.562. The zero-order valence-electron chi connectivity index (χ0n) is 17.4. The molecule has 0 radical (unpaired) electrons. The van der Waals surface area contributed by atoms with Crippen LogP contribution >= 0.6 is 22.7 Å². The molecular weight excluding hydrogens is 414 g/mol. The van der Waals surface area contributed by atoms with E-state index in [1.165, 1.54) is 17.8 Å². The zero-order valence-corrected chi connectivity index (χ0v) is 19.0. The third-order valence-corrected chi connectivity index (χ3v) is 7.72. The minimum atomic E-state index is -0.167. The van der Waals surface area contributed by atoms with Gasteiger partial charge in [0, 0.05) is 23.8 Å². The van der Waals surface area contributed by atoms with E-state index >= 15 is 0 Å². The molecule has 0 spiro atoms. The Bertz CT molecular complexity index is 1070. The number of hydrogen-bond acceptors (Lipinski definition) is 5. The van der Waals surface area contributed by atoms with E-state index in [0.29, 0.717) is 16.1 Å². The van der Waals surface area contributed by atoms with Crippen molar-refractivity contribution in [2.45, 2.75) is 46.1 Å². The monoisotopic (exact) mass is 439 g/mol. The number of nitrogens with one attached hydrogen (secondary N) is 1. The van der Waals surface area contributed by atoms with Gasteiger partial charge in [0.25, 0.3) is 11.8 Å². The highest BCUT2D eigenvalue weighted by Crippen LogP contribution is 2.32. The Labute approximate surface area is 184 Å². The van der Waals surface area contributed by atoms with E-state index in [0.717, 1.165) is 40.5 Å². The van der Waals surface area contributed by atoms with Crippen LogP contribution in [0.5, 0.6) is 0 Å². The van der Waals surface area contributed by atoms with Crippen molar-refractivity contribution in [1.29, 1.82) is 0 Å². The molecule has 3 aromatic rings. The number of aromatic nitrogens is 1. The van der Waals surface area contributed by atoms with Crippen molar-refractivity contribution in [2.75, 3.05) is 11.9 Å². The Hall–Kier alpha value is -2.51. The number of thiazole rings is 1. The number of benzene rings is 1. The second-order valence-electron chi connectivity index (χ2n) is 7.74. The summed E-state index contributed by atoms with van der Waals surface area (Å²) in [6, 6.07) is 9.77. The third kappa shape index (κ3) is 4.18. The van der Waals surface area contributed by atoms with Crippen LogP contribution in [0.4, 0.5) is 5.69 Å². The first-order valence-electron chi connectivity index (χ1n) is 10.2. The van der Waals surface area contributed by atoms with Crippen LogP contribution in [0.1, 0.15) is 57.5 Å². The predicted molar refractivity (Wildman–Crippen MR) is 124 cm³/mol. The number of aryl methyl sites for hydroxylation is 2. The van der Waals surface area contributed by atoms with E-state index in [4.69, 9.17) is 0 Å². The summed E-state index contributed by atoms with van der Waals surface area (Å²) < 4.78 is 0. The van der Waals surface area contributed by atoms with Crippen molar-refractivity contribution in [3.8, 4) is 9.88 Å². The number of carbonyl (C=O) groups is 2. The fourth-order valence-electron chi connectivity index (χ4n) is 3.79. The SMILES string of the molecule is Cc1cc(C(=O)N2CCCCC2C)ccc1NC(=O)c1sc(-c2cccs2)nc1C. The maximum Gasteiger partial charge on any atom is 0.267 e. The normalized spacial score (nSPS) is 16.5. The van der Waals surface area contributed by atoms with Crippen LogP contribution in [0.25, 0.3) is 9.88 Å². The maximum absolute atomic E-state index is 12.9. The highest BCUT2D eigenvalue weighted by molar-refractivity contribution is 7.22. The van der Waals surface area contributed by atoms with Crippen LogP contribution in [-0.4, -0.2) is 34.3 Å². The number of nitrogens with zero attached hydrogens (tertiary/aromatic N) is 2. The maximum atomic E-state index is 12.9. The van der Waals surface area contributed by atoms with Crippen molar-refractivity contribution in [3.63, 3.8) is 0 Å². The lowest BCUT2D eigenvalue weighted by atomic mass is 10.0. The fraction of sp³-hybridized carbons (Fsp3) is 0.348. The van der Waals surface area contributed by atoms with Gasteiger partial charge in [-0.15, -0.1) is 22.7 Å². The van der Waals surface area contributed by atoms with Crippen LogP contribution in [0.15, 0.2) is 35.7 Å². The minimum Gasteiger partial charge on any atom is -0.336 e. The average Bonchev–Trinajstić information content (AvgIpc) is 3.39. The highest BCUT2D eigenvalue weighted by Gasteiger charge is 2.24. The van der Waals surface area contributed by atoms with Crippen LogP contribution in [0.2, 0.25) is 0 Å². The smallest absolute Gasteiger partial charge is 0.267 e.